The van der Waals surface area contributed by atoms with Crippen LogP contribution in [-0.4, -0.2) is 47.8 Å². The molecule has 0 fully saturated rings. The molecule has 0 N–H and O–H groups in total. The van der Waals surface area contributed by atoms with Crippen molar-refractivity contribution in [3.05, 3.63) is 0 Å². The Morgan fingerprint density at radius 3 is 0.818 bits per heavy atom. The monoisotopic (exact) mass is 318 g/mol. The highest BCUT2D eigenvalue weighted by Crippen LogP contribution is 2.03. The molecule has 0 aromatic rings. The van der Waals surface area contributed by atoms with Crippen LogP contribution in [0.25, 0.3) is 0 Å². The fourth-order valence-electron chi connectivity index (χ4n) is 1.32. The Kier molecular flexibility index (Phi) is 17.9. The van der Waals surface area contributed by atoms with Crippen LogP contribution in [0.2, 0.25) is 0 Å². The second kappa shape index (κ2) is 13.6. The van der Waals surface area contributed by atoms with Gasteiger partial charge >= 0.3 is 0 Å². The number of amides is 2. The number of hydrogen-bond acceptors (Lipinski definition) is 2. The lowest BCUT2D eigenvalue weighted by Gasteiger charge is -2.23. The molecular weight excluding hydrogens is 276 g/mol. The number of nitrogens with zero attached hydrogens (tertiary/aromatic N) is 2. The molecular formula is C18H42N2O2. The maximum Gasteiger partial charge on any atom is 0.225 e. The van der Waals surface area contributed by atoms with Gasteiger partial charge in [-0.25, -0.2) is 0 Å². The Bertz CT molecular complexity index is 267. The summed E-state index contributed by atoms with van der Waals surface area (Å²) in [6, 6.07) is 0.629. The molecule has 0 atom stereocenters. The minimum Gasteiger partial charge on any atom is -0.343 e. The van der Waals surface area contributed by atoms with Crippen molar-refractivity contribution in [3.8, 4) is 0 Å². The summed E-state index contributed by atoms with van der Waals surface area (Å²) < 4.78 is 0. The van der Waals surface area contributed by atoms with Crippen molar-refractivity contribution in [2.45, 2.75) is 82.3 Å². The van der Waals surface area contributed by atoms with Crippen LogP contribution in [0.1, 0.15) is 70.2 Å². The van der Waals surface area contributed by atoms with Crippen LogP contribution >= 0.6 is 0 Å². The minimum atomic E-state index is 0. The number of hydrogen-bond donors (Lipinski definition) is 0. The summed E-state index contributed by atoms with van der Waals surface area (Å²) in [6.45, 7) is 15.7. The van der Waals surface area contributed by atoms with E-state index in [9.17, 15) is 9.59 Å². The van der Waals surface area contributed by atoms with Crippen molar-refractivity contribution in [2.75, 3.05) is 14.1 Å². The van der Waals surface area contributed by atoms with Gasteiger partial charge in [0.1, 0.15) is 0 Å². The van der Waals surface area contributed by atoms with E-state index in [0.29, 0.717) is 12.1 Å². The summed E-state index contributed by atoms with van der Waals surface area (Å²) in [6.07, 6.45) is 0. The highest BCUT2D eigenvalue weighted by molar-refractivity contribution is 5.78. The topological polar surface area (TPSA) is 40.6 Å². The van der Waals surface area contributed by atoms with Gasteiger partial charge in [0.15, 0.2) is 0 Å². The van der Waals surface area contributed by atoms with Gasteiger partial charge in [0.2, 0.25) is 11.8 Å². The smallest absolute Gasteiger partial charge is 0.225 e. The molecule has 2 amide bonds. The van der Waals surface area contributed by atoms with Crippen LogP contribution in [0.3, 0.4) is 0 Å². The van der Waals surface area contributed by atoms with E-state index in [1.54, 1.807) is 9.80 Å². The standard InChI is InChI=1S/2C8H17NO.2CH4/c2*1-6(2)8(10)9(5)7(3)4;;/h2*6-7H,1-5H3;2*1H4. The molecule has 0 aromatic heterocycles. The van der Waals surface area contributed by atoms with Gasteiger partial charge in [0.05, 0.1) is 0 Å². The van der Waals surface area contributed by atoms with Gasteiger partial charge in [0, 0.05) is 38.0 Å². The third-order valence-electron chi connectivity index (χ3n) is 3.23. The predicted octanol–water partition coefficient (Wildman–Crippen LogP) is 4.29. The SMILES string of the molecule is C.C.CC(C)C(=O)N(C)C(C)C.CC(C)C(=O)N(C)C(C)C. The van der Waals surface area contributed by atoms with E-state index in [0.717, 1.165) is 0 Å². The first-order chi connectivity index (χ1) is 8.93. The lowest BCUT2D eigenvalue weighted by atomic mass is 10.2. The zero-order valence-electron chi connectivity index (χ0n) is 15.0. The number of rotatable bonds is 4. The lowest BCUT2D eigenvalue weighted by Crippen LogP contribution is -2.35. The summed E-state index contributed by atoms with van der Waals surface area (Å²) >= 11 is 0. The zero-order chi connectivity index (χ0) is 16.6. The molecule has 0 saturated heterocycles. The Balaban J connectivity index is -0.000000135. The average Bonchev–Trinajstić information content (AvgIpc) is 2.35. The summed E-state index contributed by atoms with van der Waals surface area (Å²) in [5, 5.41) is 0. The van der Waals surface area contributed by atoms with Gasteiger partial charge in [-0.2, -0.15) is 0 Å². The van der Waals surface area contributed by atoms with Crippen LogP contribution in [-0.2, 0) is 9.59 Å². The van der Waals surface area contributed by atoms with Crippen molar-refractivity contribution in [2.24, 2.45) is 11.8 Å². The van der Waals surface area contributed by atoms with E-state index in [4.69, 9.17) is 0 Å². The third kappa shape index (κ3) is 11.6. The second-order valence-electron chi connectivity index (χ2n) is 6.40. The Labute approximate surface area is 140 Å². The lowest BCUT2D eigenvalue weighted by molar-refractivity contribution is -0.135. The molecule has 0 spiro atoms. The Morgan fingerprint density at radius 1 is 0.591 bits per heavy atom. The quantitative estimate of drug-likeness (QED) is 0.776. The van der Waals surface area contributed by atoms with Gasteiger partial charge < -0.3 is 9.80 Å². The second-order valence-corrected chi connectivity index (χ2v) is 6.40. The van der Waals surface area contributed by atoms with E-state index in [1.807, 2.05) is 69.5 Å². The first kappa shape index (κ1) is 29.0. The van der Waals surface area contributed by atoms with E-state index in [-0.39, 0.29) is 38.5 Å². The molecule has 4 heteroatoms. The normalized spacial score (nSPS) is 9.73. The molecule has 0 saturated carbocycles. The molecule has 0 bridgehead atoms. The van der Waals surface area contributed by atoms with Crippen molar-refractivity contribution in [1.82, 2.24) is 9.80 Å². The highest BCUT2D eigenvalue weighted by atomic mass is 16.2. The molecule has 0 radical (unpaired) electrons. The van der Waals surface area contributed by atoms with Crippen molar-refractivity contribution >= 4 is 11.8 Å². The highest BCUT2D eigenvalue weighted by Gasteiger charge is 2.15. The molecule has 136 valence electrons. The first-order valence-corrected chi connectivity index (χ1v) is 7.46. The molecule has 0 heterocycles. The number of carbonyl (C=O) groups is 2. The van der Waals surface area contributed by atoms with Crippen LogP contribution < -0.4 is 0 Å². The molecule has 0 unspecified atom stereocenters. The first-order valence-electron chi connectivity index (χ1n) is 7.46. The minimum absolute atomic E-state index is 0. The van der Waals surface area contributed by atoms with E-state index >= 15 is 0 Å². The average molecular weight is 319 g/mol. The van der Waals surface area contributed by atoms with Crippen molar-refractivity contribution in [3.63, 3.8) is 0 Å². The molecule has 0 aromatic carbocycles. The fraction of sp³-hybridized carbons (Fsp3) is 0.889. The van der Waals surface area contributed by atoms with Crippen LogP contribution in [0.5, 0.6) is 0 Å². The summed E-state index contributed by atoms with van der Waals surface area (Å²) in [5.41, 5.74) is 0. The third-order valence-corrected chi connectivity index (χ3v) is 3.23. The van der Waals surface area contributed by atoms with Gasteiger partial charge in [-0.15, -0.1) is 0 Å². The van der Waals surface area contributed by atoms with Gasteiger partial charge in [-0.3, -0.25) is 9.59 Å². The molecule has 0 aliphatic carbocycles. The summed E-state index contributed by atoms with van der Waals surface area (Å²) in [4.78, 5) is 26.0. The summed E-state index contributed by atoms with van der Waals surface area (Å²) in [5.74, 6) is 0.671. The Morgan fingerprint density at radius 2 is 0.773 bits per heavy atom. The van der Waals surface area contributed by atoms with Crippen LogP contribution in [0.4, 0.5) is 0 Å². The van der Waals surface area contributed by atoms with Crippen molar-refractivity contribution < 1.29 is 9.59 Å². The van der Waals surface area contributed by atoms with Gasteiger partial charge in [0.25, 0.3) is 0 Å². The van der Waals surface area contributed by atoms with Crippen LogP contribution in [0.15, 0.2) is 0 Å². The molecule has 0 aliphatic rings. The van der Waals surface area contributed by atoms with Gasteiger partial charge in [-0.05, 0) is 27.7 Å². The molecule has 4 nitrogen and oxygen atoms in total. The van der Waals surface area contributed by atoms with Gasteiger partial charge in [-0.1, -0.05) is 42.5 Å². The molecule has 0 rings (SSSR count). The van der Waals surface area contributed by atoms with E-state index < -0.39 is 0 Å². The van der Waals surface area contributed by atoms with E-state index in [2.05, 4.69) is 0 Å². The largest absolute Gasteiger partial charge is 0.343 e. The maximum absolute atomic E-state index is 11.2. The Hall–Kier alpha value is -1.06. The maximum atomic E-state index is 11.2. The van der Waals surface area contributed by atoms with E-state index in [1.165, 1.54) is 0 Å². The summed E-state index contributed by atoms with van der Waals surface area (Å²) in [7, 11) is 3.68. The fourth-order valence-corrected chi connectivity index (χ4v) is 1.32. The van der Waals surface area contributed by atoms with Crippen LogP contribution in [0, 0.1) is 11.8 Å². The molecule has 0 aliphatic heterocycles. The number of carbonyl (C=O) groups excluding carboxylic acids is 2. The zero-order valence-corrected chi connectivity index (χ0v) is 15.0. The molecule has 22 heavy (non-hydrogen) atoms. The van der Waals surface area contributed by atoms with Crippen molar-refractivity contribution in [1.29, 1.82) is 0 Å². The predicted molar refractivity (Wildman–Crippen MR) is 99.0 cm³/mol.